The van der Waals surface area contributed by atoms with Crippen molar-refractivity contribution < 1.29 is 33.3 Å². The maximum atomic E-state index is 11.0. The van der Waals surface area contributed by atoms with E-state index < -0.39 is 0 Å². The Morgan fingerprint density at radius 1 is 0.818 bits per heavy atom. The molecule has 0 radical (unpaired) electrons. The van der Waals surface area contributed by atoms with Crippen molar-refractivity contribution in [2.75, 3.05) is 33.0 Å². The normalized spacial score (nSPS) is 17.7. The van der Waals surface area contributed by atoms with Gasteiger partial charge in [0.1, 0.15) is 5.75 Å². The summed E-state index contributed by atoms with van der Waals surface area (Å²) in [5.74, 6) is 0.452. The molecule has 2 rings (SSSR count). The van der Waals surface area contributed by atoms with Crippen molar-refractivity contribution in [1.82, 2.24) is 0 Å². The Bertz CT molecular complexity index is 721. The van der Waals surface area contributed by atoms with Gasteiger partial charge in [-0.25, -0.2) is 9.59 Å². The van der Waals surface area contributed by atoms with Gasteiger partial charge in [0.25, 0.3) is 0 Å². The first-order valence-electron chi connectivity index (χ1n) is 11.7. The van der Waals surface area contributed by atoms with Crippen molar-refractivity contribution in [2.24, 2.45) is 5.92 Å². The molecule has 0 unspecified atom stereocenters. The molecule has 1 aromatic carbocycles. The Morgan fingerprint density at radius 2 is 1.36 bits per heavy atom. The van der Waals surface area contributed by atoms with E-state index in [1.807, 2.05) is 24.3 Å². The number of hydrogen-bond acceptors (Lipinski definition) is 7. The molecule has 0 spiro atoms. The van der Waals surface area contributed by atoms with Crippen LogP contribution in [-0.2, 0) is 28.5 Å². The lowest BCUT2D eigenvalue weighted by atomic mass is 10.0. The summed E-state index contributed by atoms with van der Waals surface area (Å²) in [6, 6.07) is 7.80. The molecule has 7 nitrogen and oxygen atoms in total. The molecule has 0 atom stereocenters. The van der Waals surface area contributed by atoms with Crippen molar-refractivity contribution in [2.45, 2.75) is 51.2 Å². The number of hydrogen-bond donors (Lipinski definition) is 0. The quantitative estimate of drug-likeness (QED) is 0.197. The fraction of sp³-hybridized carbons (Fsp3) is 0.538. The first kappa shape index (κ1) is 26.6. The molecule has 0 bridgehead atoms. The lowest BCUT2D eigenvalue weighted by Crippen LogP contribution is -2.27. The molecule has 7 heteroatoms. The molecular weight excluding hydrogens is 424 g/mol. The van der Waals surface area contributed by atoms with E-state index in [1.54, 1.807) is 0 Å². The summed E-state index contributed by atoms with van der Waals surface area (Å²) in [6.45, 7) is 9.56. The van der Waals surface area contributed by atoms with Crippen molar-refractivity contribution in [1.29, 1.82) is 0 Å². The van der Waals surface area contributed by atoms with Gasteiger partial charge in [-0.3, -0.25) is 0 Å². The summed E-state index contributed by atoms with van der Waals surface area (Å²) in [5.41, 5.74) is 0.980. The van der Waals surface area contributed by atoms with Gasteiger partial charge in [-0.1, -0.05) is 38.1 Å². The molecule has 0 saturated carbocycles. The molecule has 1 heterocycles. The summed E-state index contributed by atoms with van der Waals surface area (Å²) < 4.78 is 27.5. The monoisotopic (exact) mass is 460 g/mol. The molecule has 33 heavy (non-hydrogen) atoms. The number of ether oxygens (including phenoxy) is 5. The summed E-state index contributed by atoms with van der Waals surface area (Å²) >= 11 is 0. The SMILES string of the molecule is C=CC(=O)OCCCCCOc1ccc(C2OCC(CCCCCOC(=O)C=C)CO2)cc1. The second-order valence-corrected chi connectivity index (χ2v) is 7.94. The van der Waals surface area contributed by atoms with Gasteiger partial charge >= 0.3 is 11.9 Å². The second-order valence-electron chi connectivity index (χ2n) is 7.94. The molecule has 1 aliphatic rings. The Labute approximate surface area is 196 Å². The smallest absolute Gasteiger partial charge is 0.330 e. The van der Waals surface area contributed by atoms with Gasteiger partial charge in [0.05, 0.1) is 33.0 Å². The predicted molar refractivity (Wildman–Crippen MR) is 125 cm³/mol. The van der Waals surface area contributed by atoms with E-state index in [4.69, 9.17) is 23.7 Å². The van der Waals surface area contributed by atoms with E-state index in [-0.39, 0.29) is 18.2 Å². The van der Waals surface area contributed by atoms with E-state index in [2.05, 4.69) is 13.2 Å². The fourth-order valence-corrected chi connectivity index (χ4v) is 3.37. The van der Waals surface area contributed by atoms with E-state index in [1.165, 1.54) is 12.2 Å². The highest BCUT2D eigenvalue weighted by Gasteiger charge is 2.23. The Kier molecular flexibility index (Phi) is 12.9. The molecule has 0 amide bonds. The van der Waals surface area contributed by atoms with E-state index in [0.717, 1.165) is 56.3 Å². The number of rotatable bonds is 16. The minimum atomic E-state index is -0.381. The van der Waals surface area contributed by atoms with Gasteiger partial charge in [0, 0.05) is 23.6 Å². The molecule has 1 aliphatic heterocycles. The number of benzene rings is 1. The van der Waals surface area contributed by atoms with Crippen LogP contribution in [0, 0.1) is 5.92 Å². The second kappa shape index (κ2) is 16.0. The molecule has 0 aliphatic carbocycles. The van der Waals surface area contributed by atoms with E-state index in [0.29, 0.717) is 39.0 Å². The zero-order chi connectivity index (χ0) is 23.7. The molecule has 182 valence electrons. The highest BCUT2D eigenvalue weighted by molar-refractivity contribution is 5.81. The van der Waals surface area contributed by atoms with Crippen molar-refractivity contribution in [3.63, 3.8) is 0 Å². The summed E-state index contributed by atoms with van der Waals surface area (Å²) in [4.78, 5) is 21.9. The molecule has 0 aromatic heterocycles. The third-order valence-electron chi connectivity index (χ3n) is 5.25. The average Bonchev–Trinajstić information content (AvgIpc) is 2.86. The molecule has 1 fully saturated rings. The van der Waals surface area contributed by atoms with Crippen LogP contribution in [0.2, 0.25) is 0 Å². The lowest BCUT2D eigenvalue weighted by Gasteiger charge is -2.29. The van der Waals surface area contributed by atoms with Gasteiger partial charge in [-0.2, -0.15) is 0 Å². The minimum Gasteiger partial charge on any atom is -0.494 e. The molecular formula is C26H36O7. The van der Waals surface area contributed by atoms with Gasteiger partial charge in [0.2, 0.25) is 0 Å². The van der Waals surface area contributed by atoms with Gasteiger partial charge < -0.3 is 23.7 Å². The minimum absolute atomic E-state index is 0.341. The highest BCUT2D eigenvalue weighted by Crippen LogP contribution is 2.28. The van der Waals surface area contributed by atoms with E-state index >= 15 is 0 Å². The Hall–Kier alpha value is -2.64. The molecule has 0 N–H and O–H groups in total. The topological polar surface area (TPSA) is 80.3 Å². The number of unbranched alkanes of at least 4 members (excludes halogenated alkanes) is 4. The standard InChI is InChI=1S/C26H36O7/c1-3-24(27)30-17-8-5-7-11-21-19-32-26(33-20-21)22-12-14-23(15-13-22)29-16-9-6-10-18-31-25(28)4-2/h3-4,12-15,21,26H,1-2,5-11,16-20H2. The summed E-state index contributed by atoms with van der Waals surface area (Å²) in [6.07, 6.45) is 8.60. The maximum absolute atomic E-state index is 11.0. The van der Waals surface area contributed by atoms with Crippen molar-refractivity contribution >= 4 is 11.9 Å². The van der Waals surface area contributed by atoms with Gasteiger partial charge in [-0.05, 0) is 44.2 Å². The highest BCUT2D eigenvalue weighted by atomic mass is 16.7. The van der Waals surface area contributed by atoms with Gasteiger partial charge in [0.15, 0.2) is 6.29 Å². The Morgan fingerprint density at radius 3 is 1.94 bits per heavy atom. The lowest BCUT2D eigenvalue weighted by molar-refractivity contribution is -0.206. The molecule has 1 aromatic rings. The largest absolute Gasteiger partial charge is 0.494 e. The molecule has 1 saturated heterocycles. The number of carbonyl (C=O) groups excluding carboxylic acids is 2. The van der Waals surface area contributed by atoms with Crippen LogP contribution in [0.5, 0.6) is 5.75 Å². The van der Waals surface area contributed by atoms with Crippen LogP contribution in [-0.4, -0.2) is 45.0 Å². The predicted octanol–water partition coefficient (Wildman–Crippen LogP) is 4.92. The van der Waals surface area contributed by atoms with Crippen LogP contribution >= 0.6 is 0 Å². The van der Waals surface area contributed by atoms with Crippen LogP contribution in [0.4, 0.5) is 0 Å². The third kappa shape index (κ3) is 11.2. The number of carbonyl (C=O) groups is 2. The average molecular weight is 461 g/mol. The first-order chi connectivity index (χ1) is 16.1. The summed E-state index contributed by atoms with van der Waals surface area (Å²) in [5, 5.41) is 0. The van der Waals surface area contributed by atoms with Crippen LogP contribution in [0.25, 0.3) is 0 Å². The maximum Gasteiger partial charge on any atom is 0.330 e. The zero-order valence-corrected chi connectivity index (χ0v) is 19.4. The zero-order valence-electron chi connectivity index (χ0n) is 19.4. The number of esters is 2. The van der Waals surface area contributed by atoms with Crippen LogP contribution in [0.3, 0.4) is 0 Å². The van der Waals surface area contributed by atoms with Crippen LogP contribution in [0.15, 0.2) is 49.6 Å². The Balaban J connectivity index is 1.53. The van der Waals surface area contributed by atoms with Crippen LogP contribution < -0.4 is 4.74 Å². The van der Waals surface area contributed by atoms with Crippen molar-refractivity contribution in [3.8, 4) is 5.75 Å². The fourth-order valence-electron chi connectivity index (χ4n) is 3.37. The first-order valence-corrected chi connectivity index (χ1v) is 11.7. The van der Waals surface area contributed by atoms with Crippen molar-refractivity contribution in [3.05, 3.63) is 55.1 Å². The summed E-state index contributed by atoms with van der Waals surface area (Å²) in [7, 11) is 0. The van der Waals surface area contributed by atoms with Gasteiger partial charge in [-0.15, -0.1) is 0 Å². The van der Waals surface area contributed by atoms with E-state index in [9.17, 15) is 9.59 Å². The van der Waals surface area contributed by atoms with Crippen LogP contribution in [0.1, 0.15) is 56.8 Å². The third-order valence-corrected chi connectivity index (χ3v) is 5.25.